The van der Waals surface area contributed by atoms with Gasteiger partial charge in [0.05, 0.1) is 12.7 Å². The van der Waals surface area contributed by atoms with Crippen LogP contribution in [0, 0.1) is 0 Å². The number of aromatic nitrogens is 1. The third kappa shape index (κ3) is 4.19. The number of fused-ring (bicyclic) bond motifs is 1. The van der Waals surface area contributed by atoms with Crippen LogP contribution >= 0.6 is 0 Å². The molecular formula is C25H31NO3. The highest BCUT2D eigenvalue weighted by atomic mass is 16.7. The molecule has 4 nitrogen and oxygen atoms in total. The van der Waals surface area contributed by atoms with Gasteiger partial charge < -0.3 is 19.1 Å². The lowest BCUT2D eigenvalue weighted by atomic mass is 9.99. The SMILES string of the molecule is CC(C)c1c(C(C)O)c2cc(OC3CCCCO3)ccc2n1Cc1ccccc1. The van der Waals surface area contributed by atoms with Crippen LogP contribution in [0.25, 0.3) is 10.9 Å². The number of aliphatic hydroxyl groups is 1. The van der Waals surface area contributed by atoms with Crippen molar-refractivity contribution >= 4 is 10.9 Å². The van der Waals surface area contributed by atoms with E-state index in [1.807, 2.05) is 19.1 Å². The molecule has 1 fully saturated rings. The summed E-state index contributed by atoms with van der Waals surface area (Å²) in [7, 11) is 0. The molecule has 3 aromatic rings. The van der Waals surface area contributed by atoms with Gasteiger partial charge >= 0.3 is 0 Å². The van der Waals surface area contributed by atoms with Gasteiger partial charge in [-0.1, -0.05) is 44.2 Å². The minimum atomic E-state index is -0.548. The van der Waals surface area contributed by atoms with E-state index in [1.54, 1.807) is 0 Å². The van der Waals surface area contributed by atoms with Gasteiger partial charge in [0.15, 0.2) is 6.29 Å². The molecule has 0 spiro atoms. The van der Waals surface area contributed by atoms with Crippen LogP contribution < -0.4 is 4.74 Å². The van der Waals surface area contributed by atoms with E-state index in [4.69, 9.17) is 9.47 Å². The maximum atomic E-state index is 10.7. The van der Waals surface area contributed by atoms with Gasteiger partial charge in [-0.3, -0.25) is 0 Å². The first kappa shape index (κ1) is 20.0. The molecule has 0 amide bonds. The fourth-order valence-corrected chi connectivity index (χ4v) is 4.41. The molecule has 1 aliphatic rings. The number of hydrogen-bond donors (Lipinski definition) is 1. The van der Waals surface area contributed by atoms with E-state index in [0.29, 0.717) is 5.92 Å². The first-order valence-corrected chi connectivity index (χ1v) is 10.7. The summed E-state index contributed by atoms with van der Waals surface area (Å²) in [5, 5.41) is 11.7. The molecule has 1 saturated heterocycles. The van der Waals surface area contributed by atoms with Gasteiger partial charge in [0.1, 0.15) is 5.75 Å². The van der Waals surface area contributed by atoms with Crippen molar-refractivity contribution in [1.29, 1.82) is 0 Å². The van der Waals surface area contributed by atoms with Gasteiger partial charge in [0.2, 0.25) is 0 Å². The van der Waals surface area contributed by atoms with Crippen molar-refractivity contribution in [3.8, 4) is 5.75 Å². The lowest BCUT2D eigenvalue weighted by molar-refractivity contribution is -0.105. The molecule has 4 heteroatoms. The maximum absolute atomic E-state index is 10.7. The van der Waals surface area contributed by atoms with Gasteiger partial charge in [-0.15, -0.1) is 0 Å². The molecule has 29 heavy (non-hydrogen) atoms. The highest BCUT2D eigenvalue weighted by molar-refractivity contribution is 5.87. The second kappa shape index (κ2) is 8.60. The Kier molecular flexibility index (Phi) is 5.93. The molecule has 0 radical (unpaired) electrons. The second-order valence-corrected chi connectivity index (χ2v) is 8.29. The van der Waals surface area contributed by atoms with Gasteiger partial charge in [0, 0.05) is 35.1 Å². The van der Waals surface area contributed by atoms with Crippen LogP contribution in [0.5, 0.6) is 5.75 Å². The summed E-state index contributed by atoms with van der Waals surface area (Å²) in [6.45, 7) is 7.77. The van der Waals surface area contributed by atoms with Crippen LogP contribution in [0.1, 0.15) is 68.9 Å². The predicted molar refractivity (Wildman–Crippen MR) is 116 cm³/mol. The minimum Gasteiger partial charge on any atom is -0.465 e. The Morgan fingerprint density at radius 3 is 2.55 bits per heavy atom. The molecule has 0 bridgehead atoms. The van der Waals surface area contributed by atoms with E-state index >= 15 is 0 Å². The highest BCUT2D eigenvalue weighted by Crippen LogP contribution is 2.38. The number of aliphatic hydroxyl groups excluding tert-OH is 1. The van der Waals surface area contributed by atoms with Crippen molar-refractivity contribution in [2.75, 3.05) is 6.61 Å². The normalized spacial score (nSPS) is 18.3. The van der Waals surface area contributed by atoms with Crippen molar-refractivity contribution in [1.82, 2.24) is 4.57 Å². The largest absolute Gasteiger partial charge is 0.465 e. The smallest absolute Gasteiger partial charge is 0.199 e. The monoisotopic (exact) mass is 393 g/mol. The summed E-state index contributed by atoms with van der Waals surface area (Å²) in [4.78, 5) is 0. The molecule has 1 aromatic heterocycles. The van der Waals surface area contributed by atoms with Crippen LogP contribution in [0.2, 0.25) is 0 Å². The standard InChI is InChI=1S/C25H31NO3/c1-17(2)25-24(18(3)27)21-15-20(29-23-11-7-8-14-28-23)12-13-22(21)26(25)16-19-9-5-4-6-10-19/h4-6,9-10,12-13,15,17-18,23,27H,7-8,11,14,16H2,1-3H3. The highest BCUT2D eigenvalue weighted by Gasteiger charge is 2.24. The molecule has 4 rings (SSSR count). The minimum absolute atomic E-state index is 0.174. The summed E-state index contributed by atoms with van der Waals surface area (Å²) in [5.41, 5.74) is 4.57. The van der Waals surface area contributed by atoms with Crippen LogP contribution in [0.4, 0.5) is 0 Å². The Morgan fingerprint density at radius 1 is 1.10 bits per heavy atom. The molecule has 2 heterocycles. The first-order chi connectivity index (χ1) is 14.0. The van der Waals surface area contributed by atoms with Crippen molar-refractivity contribution in [3.05, 3.63) is 65.4 Å². The number of rotatable bonds is 6. The molecular weight excluding hydrogens is 362 g/mol. The zero-order valence-corrected chi connectivity index (χ0v) is 17.6. The lowest BCUT2D eigenvalue weighted by Crippen LogP contribution is -2.24. The average Bonchev–Trinajstić information content (AvgIpc) is 3.03. The van der Waals surface area contributed by atoms with E-state index in [2.05, 4.69) is 54.8 Å². The van der Waals surface area contributed by atoms with Gasteiger partial charge in [0.25, 0.3) is 0 Å². The summed E-state index contributed by atoms with van der Waals surface area (Å²) >= 11 is 0. The van der Waals surface area contributed by atoms with Crippen molar-refractivity contribution in [2.24, 2.45) is 0 Å². The number of nitrogens with zero attached hydrogens (tertiary/aromatic N) is 1. The van der Waals surface area contributed by atoms with Gasteiger partial charge in [-0.25, -0.2) is 0 Å². The predicted octanol–water partition coefficient (Wildman–Crippen LogP) is 5.77. The molecule has 2 unspecified atom stereocenters. The summed E-state index contributed by atoms with van der Waals surface area (Å²) in [5.74, 6) is 1.10. The van der Waals surface area contributed by atoms with Crippen LogP contribution in [0.3, 0.4) is 0 Å². The van der Waals surface area contributed by atoms with Crippen molar-refractivity contribution in [3.63, 3.8) is 0 Å². The van der Waals surface area contributed by atoms with E-state index < -0.39 is 6.10 Å². The summed E-state index contributed by atoms with van der Waals surface area (Å²) in [6.07, 6.45) is 2.44. The lowest BCUT2D eigenvalue weighted by Gasteiger charge is -2.23. The maximum Gasteiger partial charge on any atom is 0.199 e. The Labute approximate surface area is 173 Å². The molecule has 0 saturated carbocycles. The average molecular weight is 394 g/mol. The molecule has 2 aromatic carbocycles. The zero-order valence-electron chi connectivity index (χ0n) is 17.6. The number of hydrogen-bond acceptors (Lipinski definition) is 3. The Balaban J connectivity index is 1.79. The van der Waals surface area contributed by atoms with Gasteiger partial charge in [-0.05, 0) is 49.4 Å². The first-order valence-electron chi connectivity index (χ1n) is 10.7. The molecule has 154 valence electrons. The quantitative estimate of drug-likeness (QED) is 0.578. The second-order valence-electron chi connectivity index (χ2n) is 8.29. The molecule has 1 aliphatic heterocycles. The third-order valence-corrected chi connectivity index (χ3v) is 5.67. The molecule has 1 N–H and O–H groups in total. The Morgan fingerprint density at radius 2 is 1.90 bits per heavy atom. The third-order valence-electron chi connectivity index (χ3n) is 5.67. The van der Waals surface area contributed by atoms with E-state index in [1.165, 1.54) is 11.3 Å². The van der Waals surface area contributed by atoms with E-state index in [-0.39, 0.29) is 6.29 Å². The van der Waals surface area contributed by atoms with Gasteiger partial charge in [-0.2, -0.15) is 0 Å². The number of benzene rings is 2. The zero-order chi connectivity index (χ0) is 20.4. The Hall–Kier alpha value is -2.30. The fraction of sp³-hybridized carbons (Fsp3) is 0.440. The van der Waals surface area contributed by atoms with Crippen LogP contribution in [-0.2, 0) is 11.3 Å². The van der Waals surface area contributed by atoms with Crippen LogP contribution in [-0.4, -0.2) is 22.6 Å². The molecule has 2 atom stereocenters. The molecule has 0 aliphatic carbocycles. The topological polar surface area (TPSA) is 43.6 Å². The number of ether oxygens (including phenoxy) is 2. The van der Waals surface area contributed by atoms with E-state index in [9.17, 15) is 5.11 Å². The van der Waals surface area contributed by atoms with Crippen molar-refractivity contribution < 1.29 is 14.6 Å². The fourth-order valence-electron chi connectivity index (χ4n) is 4.41. The van der Waals surface area contributed by atoms with Crippen molar-refractivity contribution in [2.45, 2.75) is 64.9 Å². The summed E-state index contributed by atoms with van der Waals surface area (Å²) in [6, 6.07) is 16.7. The summed E-state index contributed by atoms with van der Waals surface area (Å²) < 4.78 is 14.2. The van der Waals surface area contributed by atoms with Crippen LogP contribution in [0.15, 0.2) is 48.5 Å². The van der Waals surface area contributed by atoms with E-state index in [0.717, 1.165) is 54.6 Å². The Bertz CT molecular complexity index is 953.